The van der Waals surface area contributed by atoms with Gasteiger partial charge >= 0.3 is 0 Å². The molecule has 2 rings (SSSR count). The van der Waals surface area contributed by atoms with Crippen LogP contribution in [0.1, 0.15) is 44.6 Å². The highest BCUT2D eigenvalue weighted by Gasteiger charge is 2.29. The summed E-state index contributed by atoms with van der Waals surface area (Å²) in [4.78, 5) is 0. The number of rotatable bonds is 5. The number of halogens is 1. The van der Waals surface area contributed by atoms with Crippen molar-refractivity contribution < 1.29 is 4.39 Å². The Labute approximate surface area is 103 Å². The summed E-state index contributed by atoms with van der Waals surface area (Å²) in [6.45, 7) is 5.61. The Morgan fingerprint density at radius 2 is 2.18 bits per heavy atom. The molecule has 1 aromatic rings. The Kier molecular flexibility index (Phi) is 4.16. The Morgan fingerprint density at radius 3 is 2.82 bits per heavy atom. The van der Waals surface area contributed by atoms with Gasteiger partial charge in [0.05, 0.1) is 0 Å². The lowest BCUT2D eigenvalue weighted by molar-refractivity contribution is 0.277. The maximum absolute atomic E-state index is 13.1. The van der Waals surface area contributed by atoms with Crippen LogP contribution in [-0.4, -0.2) is 12.6 Å². The third kappa shape index (κ3) is 3.29. The van der Waals surface area contributed by atoms with E-state index in [1.165, 1.54) is 12.5 Å². The zero-order chi connectivity index (χ0) is 12.3. The van der Waals surface area contributed by atoms with Crippen LogP contribution in [0.3, 0.4) is 0 Å². The van der Waals surface area contributed by atoms with Gasteiger partial charge in [-0.25, -0.2) is 4.39 Å². The number of hydrogen-bond acceptors (Lipinski definition) is 1. The van der Waals surface area contributed by atoms with Gasteiger partial charge in [0, 0.05) is 6.04 Å². The summed E-state index contributed by atoms with van der Waals surface area (Å²) in [6.07, 6.45) is 3.53. The van der Waals surface area contributed by atoms with Gasteiger partial charge in [0.25, 0.3) is 0 Å². The third-order valence-electron chi connectivity index (χ3n) is 3.91. The molecule has 0 saturated heterocycles. The number of nitrogens with one attached hydrogen (secondary N) is 1. The van der Waals surface area contributed by atoms with Crippen LogP contribution in [0.2, 0.25) is 0 Å². The summed E-state index contributed by atoms with van der Waals surface area (Å²) in [5.74, 6) is 1.20. The second kappa shape index (κ2) is 5.63. The van der Waals surface area contributed by atoms with Gasteiger partial charge in [-0.3, -0.25) is 0 Å². The first-order chi connectivity index (χ1) is 8.19. The molecule has 1 nitrogen and oxygen atoms in total. The van der Waals surface area contributed by atoms with Crippen molar-refractivity contribution in [1.29, 1.82) is 0 Å². The molecule has 94 valence electrons. The molecule has 0 aliphatic heterocycles. The third-order valence-corrected chi connectivity index (χ3v) is 3.91. The fourth-order valence-corrected chi connectivity index (χ4v) is 2.33. The summed E-state index contributed by atoms with van der Waals surface area (Å²) in [6, 6.07) is 7.68. The Balaban J connectivity index is 1.75. The minimum Gasteiger partial charge on any atom is -0.314 e. The standard InChI is InChI=1S/C15H22FN/c1-3-11(2)10-17-15-8-13(9-15)12-5-4-6-14(16)7-12/h4-7,11,13,15,17H,3,8-10H2,1-2H3. The highest BCUT2D eigenvalue weighted by atomic mass is 19.1. The van der Waals surface area contributed by atoms with Crippen molar-refractivity contribution in [1.82, 2.24) is 5.32 Å². The molecule has 1 N–H and O–H groups in total. The summed E-state index contributed by atoms with van der Waals surface area (Å²) in [5, 5.41) is 3.59. The predicted octanol–water partition coefficient (Wildman–Crippen LogP) is 3.71. The normalized spacial score (nSPS) is 25.4. The Morgan fingerprint density at radius 1 is 1.41 bits per heavy atom. The molecule has 2 heteroatoms. The fourth-order valence-electron chi connectivity index (χ4n) is 2.33. The first-order valence-electron chi connectivity index (χ1n) is 6.68. The van der Waals surface area contributed by atoms with Gasteiger partial charge in [0.2, 0.25) is 0 Å². The molecular weight excluding hydrogens is 213 g/mol. The monoisotopic (exact) mass is 235 g/mol. The molecule has 1 unspecified atom stereocenters. The first kappa shape index (κ1) is 12.6. The van der Waals surface area contributed by atoms with Crippen LogP contribution in [0, 0.1) is 11.7 Å². The van der Waals surface area contributed by atoms with Gasteiger partial charge in [-0.15, -0.1) is 0 Å². The smallest absolute Gasteiger partial charge is 0.123 e. The lowest BCUT2D eigenvalue weighted by Crippen LogP contribution is -2.41. The summed E-state index contributed by atoms with van der Waals surface area (Å²) in [5.41, 5.74) is 1.16. The van der Waals surface area contributed by atoms with Crippen LogP contribution in [-0.2, 0) is 0 Å². The Hall–Kier alpha value is -0.890. The lowest BCUT2D eigenvalue weighted by atomic mass is 9.76. The van der Waals surface area contributed by atoms with Gasteiger partial charge in [-0.1, -0.05) is 32.4 Å². The molecular formula is C15H22FN. The van der Waals surface area contributed by atoms with Crippen molar-refractivity contribution in [2.75, 3.05) is 6.54 Å². The SMILES string of the molecule is CCC(C)CNC1CC(c2cccc(F)c2)C1. The molecule has 1 fully saturated rings. The minimum atomic E-state index is -0.112. The molecule has 0 aromatic heterocycles. The molecule has 1 saturated carbocycles. The van der Waals surface area contributed by atoms with Crippen LogP contribution in [0.25, 0.3) is 0 Å². The number of benzene rings is 1. The second-order valence-corrected chi connectivity index (χ2v) is 5.34. The van der Waals surface area contributed by atoms with E-state index in [9.17, 15) is 4.39 Å². The van der Waals surface area contributed by atoms with E-state index in [1.807, 2.05) is 12.1 Å². The summed E-state index contributed by atoms with van der Waals surface area (Å²) < 4.78 is 13.1. The van der Waals surface area contributed by atoms with Crippen LogP contribution in [0.5, 0.6) is 0 Å². The summed E-state index contributed by atoms with van der Waals surface area (Å²) in [7, 11) is 0. The van der Waals surface area contributed by atoms with Gasteiger partial charge < -0.3 is 5.32 Å². The van der Waals surface area contributed by atoms with E-state index >= 15 is 0 Å². The fraction of sp³-hybridized carbons (Fsp3) is 0.600. The summed E-state index contributed by atoms with van der Waals surface area (Å²) >= 11 is 0. The van der Waals surface area contributed by atoms with Gasteiger partial charge in [0.1, 0.15) is 5.82 Å². The molecule has 0 spiro atoms. The van der Waals surface area contributed by atoms with Gasteiger partial charge in [-0.2, -0.15) is 0 Å². The molecule has 1 atom stereocenters. The van der Waals surface area contributed by atoms with Crippen molar-refractivity contribution in [2.24, 2.45) is 5.92 Å². The first-order valence-corrected chi connectivity index (χ1v) is 6.68. The van der Waals surface area contributed by atoms with Crippen LogP contribution >= 0.6 is 0 Å². The maximum Gasteiger partial charge on any atom is 0.123 e. The van der Waals surface area contributed by atoms with Crippen LogP contribution in [0.15, 0.2) is 24.3 Å². The average molecular weight is 235 g/mol. The van der Waals surface area contributed by atoms with E-state index in [1.54, 1.807) is 6.07 Å². The van der Waals surface area contributed by atoms with E-state index in [0.29, 0.717) is 12.0 Å². The zero-order valence-electron chi connectivity index (χ0n) is 10.7. The van der Waals surface area contributed by atoms with E-state index in [0.717, 1.165) is 30.9 Å². The largest absolute Gasteiger partial charge is 0.314 e. The predicted molar refractivity (Wildman–Crippen MR) is 69.6 cm³/mol. The van der Waals surface area contributed by atoms with E-state index in [2.05, 4.69) is 19.2 Å². The minimum absolute atomic E-state index is 0.112. The number of hydrogen-bond donors (Lipinski definition) is 1. The second-order valence-electron chi connectivity index (χ2n) is 5.34. The van der Waals surface area contributed by atoms with E-state index in [-0.39, 0.29) is 5.82 Å². The van der Waals surface area contributed by atoms with E-state index < -0.39 is 0 Å². The highest BCUT2D eigenvalue weighted by Crippen LogP contribution is 2.37. The van der Waals surface area contributed by atoms with Crippen molar-refractivity contribution in [3.05, 3.63) is 35.6 Å². The average Bonchev–Trinajstić information content (AvgIpc) is 2.26. The van der Waals surface area contributed by atoms with Crippen LogP contribution in [0.4, 0.5) is 4.39 Å². The van der Waals surface area contributed by atoms with Crippen molar-refractivity contribution in [3.8, 4) is 0 Å². The quantitative estimate of drug-likeness (QED) is 0.820. The van der Waals surface area contributed by atoms with Crippen molar-refractivity contribution in [2.45, 2.75) is 45.1 Å². The molecule has 1 aliphatic carbocycles. The molecule has 0 bridgehead atoms. The maximum atomic E-state index is 13.1. The van der Waals surface area contributed by atoms with Crippen molar-refractivity contribution in [3.63, 3.8) is 0 Å². The van der Waals surface area contributed by atoms with Crippen LogP contribution < -0.4 is 5.32 Å². The van der Waals surface area contributed by atoms with E-state index in [4.69, 9.17) is 0 Å². The Bertz CT molecular complexity index is 358. The molecule has 0 radical (unpaired) electrons. The topological polar surface area (TPSA) is 12.0 Å². The van der Waals surface area contributed by atoms with Gasteiger partial charge in [0.15, 0.2) is 0 Å². The molecule has 0 amide bonds. The highest BCUT2D eigenvalue weighted by molar-refractivity contribution is 5.23. The lowest BCUT2D eigenvalue weighted by Gasteiger charge is -2.37. The molecule has 1 aliphatic rings. The van der Waals surface area contributed by atoms with Crippen molar-refractivity contribution >= 4 is 0 Å². The molecule has 17 heavy (non-hydrogen) atoms. The molecule has 0 heterocycles. The molecule has 1 aromatic carbocycles. The zero-order valence-corrected chi connectivity index (χ0v) is 10.7. The van der Waals surface area contributed by atoms with Gasteiger partial charge in [-0.05, 0) is 48.9 Å².